The van der Waals surface area contributed by atoms with Gasteiger partial charge in [-0.1, -0.05) is 13.8 Å². The minimum atomic E-state index is 1.02. The van der Waals surface area contributed by atoms with Gasteiger partial charge in [0.25, 0.3) is 0 Å². The van der Waals surface area contributed by atoms with E-state index in [0.717, 1.165) is 13.1 Å². The smallest absolute Gasteiger partial charge is 0.0544 e. The molecule has 0 bridgehead atoms. The van der Waals surface area contributed by atoms with Gasteiger partial charge in [0.2, 0.25) is 0 Å². The van der Waals surface area contributed by atoms with E-state index in [1.165, 1.54) is 11.1 Å². The maximum Gasteiger partial charge on any atom is 0.0544 e. The normalized spacial score (nSPS) is 14.9. The molecule has 0 spiro atoms. The first-order valence-corrected chi connectivity index (χ1v) is 4.33. The summed E-state index contributed by atoms with van der Waals surface area (Å²) in [5, 5.41) is 7.63. The summed E-state index contributed by atoms with van der Waals surface area (Å²) >= 11 is 0. The summed E-state index contributed by atoms with van der Waals surface area (Å²) in [6.45, 7) is 6.04. The molecule has 66 valence electrons. The first kappa shape index (κ1) is 9.13. The van der Waals surface area contributed by atoms with Gasteiger partial charge in [0.05, 0.1) is 12.4 Å². The highest BCUT2D eigenvalue weighted by Gasteiger charge is 2.14. The van der Waals surface area contributed by atoms with Crippen LogP contribution >= 0.6 is 0 Å². The molecule has 3 nitrogen and oxygen atoms in total. The summed E-state index contributed by atoms with van der Waals surface area (Å²) in [7, 11) is 2.10. The van der Waals surface area contributed by atoms with Crippen LogP contribution < -0.4 is 0 Å². The maximum atomic E-state index is 3.81. The molecule has 0 unspecified atom stereocenters. The van der Waals surface area contributed by atoms with Crippen molar-refractivity contribution >= 4 is 0 Å². The van der Waals surface area contributed by atoms with Crippen molar-refractivity contribution in [2.75, 3.05) is 7.05 Å². The van der Waals surface area contributed by atoms with Gasteiger partial charge in [-0.2, -0.15) is 10.2 Å². The van der Waals surface area contributed by atoms with Gasteiger partial charge < -0.3 is 0 Å². The van der Waals surface area contributed by atoms with Gasteiger partial charge >= 0.3 is 0 Å². The average molecular weight is 165 g/mol. The molecule has 1 aromatic rings. The van der Waals surface area contributed by atoms with Crippen molar-refractivity contribution in [3.05, 3.63) is 23.5 Å². The van der Waals surface area contributed by atoms with Crippen molar-refractivity contribution in [2.45, 2.75) is 26.9 Å². The molecule has 1 aromatic heterocycles. The van der Waals surface area contributed by atoms with Crippen LogP contribution in [0.5, 0.6) is 0 Å². The van der Waals surface area contributed by atoms with Crippen molar-refractivity contribution in [3.8, 4) is 0 Å². The summed E-state index contributed by atoms with van der Waals surface area (Å²) in [4.78, 5) is 2.24. The Kier molecular flexibility index (Phi) is 3.17. The number of hydrogen-bond acceptors (Lipinski definition) is 3. The van der Waals surface area contributed by atoms with Crippen molar-refractivity contribution in [1.29, 1.82) is 0 Å². The molecule has 3 heteroatoms. The van der Waals surface area contributed by atoms with Crippen LogP contribution in [0.2, 0.25) is 0 Å². The molecule has 0 N–H and O–H groups in total. The van der Waals surface area contributed by atoms with Crippen LogP contribution in [0, 0.1) is 0 Å². The minimum Gasteiger partial charge on any atom is -0.298 e. The topological polar surface area (TPSA) is 29.0 Å². The Bertz CT molecular complexity index is 222. The van der Waals surface area contributed by atoms with E-state index in [1.807, 2.05) is 26.2 Å². The van der Waals surface area contributed by atoms with Crippen LogP contribution in [0.1, 0.15) is 25.0 Å². The number of nitrogens with zero attached hydrogens (tertiary/aromatic N) is 3. The zero-order chi connectivity index (χ0) is 8.97. The highest BCUT2D eigenvalue weighted by Crippen LogP contribution is 2.17. The number of hydrogen-bond donors (Lipinski definition) is 0. The lowest BCUT2D eigenvalue weighted by molar-refractivity contribution is 0.353. The molecular weight excluding hydrogens is 150 g/mol. The molecule has 2 rings (SSSR count). The van der Waals surface area contributed by atoms with Crippen molar-refractivity contribution in [3.63, 3.8) is 0 Å². The molecule has 0 fully saturated rings. The number of rotatable bonds is 0. The van der Waals surface area contributed by atoms with Crippen molar-refractivity contribution in [2.24, 2.45) is 0 Å². The molecule has 12 heavy (non-hydrogen) atoms. The van der Waals surface area contributed by atoms with Gasteiger partial charge in [0, 0.05) is 13.1 Å². The van der Waals surface area contributed by atoms with E-state index in [-0.39, 0.29) is 0 Å². The van der Waals surface area contributed by atoms with Gasteiger partial charge in [-0.25, -0.2) is 0 Å². The Morgan fingerprint density at radius 1 is 1.08 bits per heavy atom. The first-order chi connectivity index (χ1) is 5.86. The molecule has 2 heterocycles. The molecule has 0 radical (unpaired) electrons. The van der Waals surface area contributed by atoms with E-state index in [1.54, 1.807) is 0 Å². The fourth-order valence-electron chi connectivity index (χ4n) is 1.29. The summed E-state index contributed by atoms with van der Waals surface area (Å²) in [5.41, 5.74) is 2.63. The lowest BCUT2D eigenvalue weighted by atomic mass is 10.2. The monoisotopic (exact) mass is 165 g/mol. The second-order valence-corrected chi connectivity index (χ2v) is 2.71. The molecule has 0 saturated carbocycles. The number of fused-ring (bicyclic) bond motifs is 1. The van der Waals surface area contributed by atoms with Crippen molar-refractivity contribution in [1.82, 2.24) is 15.1 Å². The van der Waals surface area contributed by atoms with Gasteiger partial charge in [-0.3, -0.25) is 4.90 Å². The molecule has 1 aliphatic heterocycles. The van der Waals surface area contributed by atoms with E-state index < -0.39 is 0 Å². The van der Waals surface area contributed by atoms with Crippen LogP contribution in [0.25, 0.3) is 0 Å². The van der Waals surface area contributed by atoms with E-state index in [4.69, 9.17) is 0 Å². The first-order valence-electron chi connectivity index (χ1n) is 4.33. The molecule has 0 amide bonds. The lowest BCUT2D eigenvalue weighted by Gasteiger charge is -2.02. The highest BCUT2D eigenvalue weighted by molar-refractivity contribution is 5.23. The molecule has 1 aliphatic rings. The summed E-state index contributed by atoms with van der Waals surface area (Å²) < 4.78 is 0. The van der Waals surface area contributed by atoms with Gasteiger partial charge in [0.15, 0.2) is 0 Å². The summed E-state index contributed by atoms with van der Waals surface area (Å²) in [5.74, 6) is 0. The van der Waals surface area contributed by atoms with Crippen LogP contribution in [0.4, 0.5) is 0 Å². The van der Waals surface area contributed by atoms with E-state index in [0.29, 0.717) is 0 Å². The van der Waals surface area contributed by atoms with Crippen LogP contribution in [0.3, 0.4) is 0 Å². The summed E-state index contributed by atoms with van der Waals surface area (Å²) in [6.07, 6.45) is 3.69. The molecule has 0 atom stereocenters. The second-order valence-electron chi connectivity index (χ2n) is 2.71. The Labute approximate surface area is 73.4 Å². The van der Waals surface area contributed by atoms with E-state index >= 15 is 0 Å². The Balaban J connectivity index is 0.000000336. The number of aromatic nitrogens is 2. The Morgan fingerprint density at radius 3 is 1.92 bits per heavy atom. The quantitative estimate of drug-likeness (QED) is 0.582. The predicted octanol–water partition coefficient (Wildman–Crippen LogP) is 1.45. The third-order valence-corrected chi connectivity index (χ3v) is 1.79. The Morgan fingerprint density at radius 2 is 1.50 bits per heavy atom. The lowest BCUT2D eigenvalue weighted by Crippen LogP contribution is -2.07. The largest absolute Gasteiger partial charge is 0.298 e. The maximum absolute atomic E-state index is 3.81. The SMILES string of the molecule is CC.CN1Cc2cnncc2C1. The Hall–Kier alpha value is -0.960. The van der Waals surface area contributed by atoms with Gasteiger partial charge in [-0.05, 0) is 18.2 Å². The predicted molar refractivity (Wildman–Crippen MR) is 48.6 cm³/mol. The fourth-order valence-corrected chi connectivity index (χ4v) is 1.29. The fraction of sp³-hybridized carbons (Fsp3) is 0.556. The minimum absolute atomic E-state index is 1.02. The second kappa shape index (κ2) is 4.16. The van der Waals surface area contributed by atoms with Gasteiger partial charge in [0.1, 0.15) is 0 Å². The average Bonchev–Trinajstić information content (AvgIpc) is 2.48. The molecule has 0 aromatic carbocycles. The third kappa shape index (κ3) is 1.80. The van der Waals surface area contributed by atoms with E-state index in [2.05, 4.69) is 22.1 Å². The molecule has 0 aliphatic carbocycles. The van der Waals surface area contributed by atoms with Gasteiger partial charge in [-0.15, -0.1) is 0 Å². The van der Waals surface area contributed by atoms with E-state index in [9.17, 15) is 0 Å². The van der Waals surface area contributed by atoms with Crippen LogP contribution in [-0.2, 0) is 13.1 Å². The zero-order valence-electron chi connectivity index (χ0n) is 7.91. The summed E-state index contributed by atoms with van der Waals surface area (Å²) in [6, 6.07) is 0. The van der Waals surface area contributed by atoms with Crippen LogP contribution in [0.15, 0.2) is 12.4 Å². The van der Waals surface area contributed by atoms with Crippen molar-refractivity contribution < 1.29 is 0 Å². The standard InChI is InChI=1S/C7H9N3.C2H6/c1-10-4-6-2-8-9-3-7(6)5-10;1-2/h2-3H,4-5H2,1H3;1-2H3. The van der Waals surface area contributed by atoms with Crippen LogP contribution in [-0.4, -0.2) is 22.1 Å². The third-order valence-electron chi connectivity index (χ3n) is 1.79. The molecule has 0 saturated heterocycles. The molecular formula is C9H15N3. The zero-order valence-corrected chi connectivity index (χ0v) is 7.91. The highest BCUT2D eigenvalue weighted by atomic mass is 15.1.